The molecule has 0 spiro atoms. The predicted octanol–water partition coefficient (Wildman–Crippen LogP) is 2.42. The highest BCUT2D eigenvalue weighted by Crippen LogP contribution is 2.35. The molecule has 16 heavy (non-hydrogen) atoms. The Balaban J connectivity index is 1.87. The first-order chi connectivity index (χ1) is 7.70. The summed E-state index contributed by atoms with van der Waals surface area (Å²) in [4.78, 5) is 2.27. The van der Waals surface area contributed by atoms with Crippen LogP contribution < -0.4 is 0 Å². The number of benzene rings is 1. The average Bonchev–Trinajstić information content (AvgIpc) is 2.26. The minimum Gasteiger partial charge on any atom is -0.304 e. The molecule has 0 fully saturated rings. The first-order valence-corrected chi connectivity index (χ1v) is 5.86. The summed E-state index contributed by atoms with van der Waals surface area (Å²) in [5.41, 5.74) is 2.99. The number of likely N-dealkylation sites (N-methyl/N-ethyl adjacent to an activating group) is 1. The monoisotopic (exact) mass is 214 g/mol. The molecule has 1 aromatic rings. The highest BCUT2D eigenvalue weighted by molar-refractivity contribution is 5.40. The van der Waals surface area contributed by atoms with Gasteiger partial charge in [-0.3, -0.25) is 0 Å². The molecule has 0 heterocycles. The molecular formula is C14H18N2. The maximum atomic E-state index is 8.77. The van der Waals surface area contributed by atoms with Crippen LogP contribution in [0.15, 0.2) is 24.3 Å². The molecule has 2 nitrogen and oxygen atoms in total. The highest BCUT2D eigenvalue weighted by Gasteiger charge is 2.26. The molecule has 0 radical (unpaired) electrons. The van der Waals surface area contributed by atoms with Gasteiger partial charge in [0.05, 0.1) is 12.0 Å². The van der Waals surface area contributed by atoms with Crippen molar-refractivity contribution in [2.75, 3.05) is 20.1 Å². The van der Waals surface area contributed by atoms with Gasteiger partial charge in [-0.05, 0) is 31.5 Å². The summed E-state index contributed by atoms with van der Waals surface area (Å²) in [6.07, 6.45) is 1.20. The van der Waals surface area contributed by atoms with E-state index in [1.165, 1.54) is 17.5 Å². The molecule has 0 saturated heterocycles. The predicted molar refractivity (Wildman–Crippen MR) is 65.2 cm³/mol. The molecule has 1 aromatic carbocycles. The summed E-state index contributed by atoms with van der Waals surface area (Å²) in [7, 11) is 2.11. The minimum atomic E-state index is 0.125. The second-order valence-electron chi connectivity index (χ2n) is 4.85. The maximum absolute atomic E-state index is 8.77. The average molecular weight is 214 g/mol. The number of rotatable bonds is 4. The van der Waals surface area contributed by atoms with Crippen LogP contribution >= 0.6 is 0 Å². The molecule has 1 aliphatic rings. The van der Waals surface area contributed by atoms with Crippen LogP contribution in [0.4, 0.5) is 0 Å². The lowest BCUT2D eigenvalue weighted by atomic mass is 9.77. The van der Waals surface area contributed by atoms with Crippen molar-refractivity contribution < 1.29 is 0 Å². The molecule has 2 rings (SSSR count). The van der Waals surface area contributed by atoms with Crippen molar-refractivity contribution in [1.29, 1.82) is 5.26 Å². The fourth-order valence-corrected chi connectivity index (χ4v) is 2.48. The molecule has 0 N–H and O–H groups in total. The summed E-state index contributed by atoms with van der Waals surface area (Å²) in [5, 5.41) is 8.77. The van der Waals surface area contributed by atoms with E-state index in [9.17, 15) is 0 Å². The van der Waals surface area contributed by atoms with E-state index in [-0.39, 0.29) is 5.92 Å². The van der Waals surface area contributed by atoms with Crippen LogP contribution in [0.3, 0.4) is 0 Å². The zero-order chi connectivity index (χ0) is 11.5. The topological polar surface area (TPSA) is 27.0 Å². The summed E-state index contributed by atoms with van der Waals surface area (Å²) >= 11 is 0. The maximum Gasteiger partial charge on any atom is 0.0666 e. The summed E-state index contributed by atoms with van der Waals surface area (Å²) in [6, 6.07) is 10.9. The standard InChI is InChI=1S/C14H18N2/c1-11(8-15)9-16(2)10-13-7-12-5-3-4-6-14(12)13/h3-6,11,13H,7,9-10H2,1-2H3. The number of fused-ring (bicyclic) bond motifs is 1. The van der Waals surface area contributed by atoms with E-state index in [2.05, 4.69) is 42.3 Å². The fraction of sp³-hybridized carbons (Fsp3) is 0.500. The molecule has 2 unspecified atom stereocenters. The molecular weight excluding hydrogens is 196 g/mol. The van der Waals surface area contributed by atoms with E-state index in [1.807, 2.05) is 6.92 Å². The quantitative estimate of drug-likeness (QED) is 0.769. The molecule has 84 valence electrons. The molecule has 2 atom stereocenters. The van der Waals surface area contributed by atoms with Gasteiger partial charge in [-0.25, -0.2) is 0 Å². The second-order valence-corrected chi connectivity index (χ2v) is 4.85. The molecule has 1 aliphatic carbocycles. The van der Waals surface area contributed by atoms with Gasteiger partial charge in [0.2, 0.25) is 0 Å². The third kappa shape index (κ3) is 2.25. The van der Waals surface area contributed by atoms with Crippen molar-refractivity contribution in [2.24, 2.45) is 5.92 Å². The van der Waals surface area contributed by atoms with E-state index in [4.69, 9.17) is 5.26 Å². The van der Waals surface area contributed by atoms with Crippen LogP contribution in [-0.4, -0.2) is 25.0 Å². The van der Waals surface area contributed by atoms with E-state index < -0.39 is 0 Å². The SMILES string of the molecule is CC(C#N)CN(C)CC1Cc2ccccc21. The Morgan fingerprint density at radius 1 is 1.50 bits per heavy atom. The third-order valence-electron chi connectivity index (χ3n) is 3.30. The summed E-state index contributed by atoms with van der Waals surface area (Å²) in [6.45, 7) is 3.92. The Bertz CT molecular complexity index is 405. The van der Waals surface area contributed by atoms with Crippen molar-refractivity contribution in [1.82, 2.24) is 4.90 Å². The van der Waals surface area contributed by atoms with Gasteiger partial charge in [0.25, 0.3) is 0 Å². The molecule has 0 aromatic heterocycles. The summed E-state index contributed by atoms with van der Waals surface area (Å²) in [5.74, 6) is 0.799. The molecule has 0 bridgehead atoms. The molecule has 2 heteroatoms. The minimum absolute atomic E-state index is 0.125. The Labute approximate surface area is 97.5 Å². The van der Waals surface area contributed by atoms with E-state index in [1.54, 1.807) is 0 Å². The number of nitriles is 1. The molecule has 0 amide bonds. The zero-order valence-corrected chi connectivity index (χ0v) is 9.98. The van der Waals surface area contributed by atoms with Crippen LogP contribution in [0.25, 0.3) is 0 Å². The number of hydrogen-bond acceptors (Lipinski definition) is 2. The van der Waals surface area contributed by atoms with Crippen LogP contribution in [0.2, 0.25) is 0 Å². The van der Waals surface area contributed by atoms with Gasteiger partial charge in [0, 0.05) is 19.0 Å². The Morgan fingerprint density at radius 2 is 2.25 bits per heavy atom. The van der Waals surface area contributed by atoms with Crippen LogP contribution in [0.1, 0.15) is 24.0 Å². The molecule has 0 aliphatic heterocycles. The lowest BCUT2D eigenvalue weighted by Crippen LogP contribution is -2.33. The lowest BCUT2D eigenvalue weighted by molar-refractivity contribution is 0.280. The van der Waals surface area contributed by atoms with Gasteiger partial charge in [-0.1, -0.05) is 24.3 Å². The van der Waals surface area contributed by atoms with Crippen LogP contribution in [-0.2, 0) is 6.42 Å². The lowest BCUT2D eigenvalue weighted by Gasteiger charge is -2.33. The molecule has 0 saturated carbocycles. The van der Waals surface area contributed by atoms with Gasteiger partial charge in [-0.2, -0.15) is 5.26 Å². The van der Waals surface area contributed by atoms with Crippen LogP contribution in [0.5, 0.6) is 0 Å². The summed E-state index contributed by atoms with van der Waals surface area (Å²) < 4.78 is 0. The first kappa shape index (κ1) is 11.2. The van der Waals surface area contributed by atoms with Gasteiger partial charge < -0.3 is 4.90 Å². The Kier molecular flexibility index (Phi) is 3.26. The van der Waals surface area contributed by atoms with Crippen molar-refractivity contribution in [3.05, 3.63) is 35.4 Å². The van der Waals surface area contributed by atoms with Gasteiger partial charge >= 0.3 is 0 Å². The Morgan fingerprint density at radius 3 is 2.94 bits per heavy atom. The van der Waals surface area contributed by atoms with Gasteiger partial charge in [-0.15, -0.1) is 0 Å². The normalized spacial score (nSPS) is 19.8. The Hall–Kier alpha value is -1.33. The highest BCUT2D eigenvalue weighted by atomic mass is 15.1. The number of hydrogen-bond donors (Lipinski definition) is 0. The van der Waals surface area contributed by atoms with Crippen molar-refractivity contribution >= 4 is 0 Å². The van der Waals surface area contributed by atoms with Crippen LogP contribution in [0, 0.1) is 17.2 Å². The van der Waals surface area contributed by atoms with E-state index >= 15 is 0 Å². The van der Waals surface area contributed by atoms with E-state index in [0.29, 0.717) is 5.92 Å². The van der Waals surface area contributed by atoms with Crippen molar-refractivity contribution in [2.45, 2.75) is 19.3 Å². The number of nitrogens with zero attached hydrogens (tertiary/aromatic N) is 2. The largest absolute Gasteiger partial charge is 0.304 e. The van der Waals surface area contributed by atoms with Gasteiger partial charge in [0.1, 0.15) is 0 Å². The fourth-order valence-electron chi connectivity index (χ4n) is 2.48. The van der Waals surface area contributed by atoms with E-state index in [0.717, 1.165) is 13.1 Å². The third-order valence-corrected chi connectivity index (χ3v) is 3.30. The van der Waals surface area contributed by atoms with Crippen molar-refractivity contribution in [3.63, 3.8) is 0 Å². The zero-order valence-electron chi connectivity index (χ0n) is 9.98. The first-order valence-electron chi connectivity index (χ1n) is 5.86. The van der Waals surface area contributed by atoms with Gasteiger partial charge in [0.15, 0.2) is 0 Å². The second kappa shape index (κ2) is 4.67. The smallest absolute Gasteiger partial charge is 0.0666 e. The van der Waals surface area contributed by atoms with Crippen molar-refractivity contribution in [3.8, 4) is 6.07 Å².